The molecule has 0 saturated carbocycles. The van der Waals surface area contributed by atoms with E-state index in [4.69, 9.17) is 0 Å². The molecule has 0 saturated heterocycles. The summed E-state index contributed by atoms with van der Waals surface area (Å²) in [5.74, 6) is -0.211. The molecule has 1 heterocycles. The topological polar surface area (TPSA) is 74.1 Å². The Morgan fingerprint density at radius 3 is 2.48 bits per heavy atom. The average molecular weight is 308 g/mol. The molecule has 0 aromatic heterocycles. The first-order valence-corrected chi connectivity index (χ1v) is 7.31. The van der Waals surface area contributed by atoms with Crippen LogP contribution in [0.25, 0.3) is 0 Å². The quantitative estimate of drug-likeness (QED) is 0.935. The predicted molar refractivity (Wildman–Crippen MR) is 87.5 cm³/mol. The van der Waals surface area contributed by atoms with Gasteiger partial charge in [-0.25, -0.2) is 4.79 Å². The standard InChI is InChI=1S/C17H16N4O2/c1-3-21(2)13-7-4-11(5-8-13)16(22)18-12-6-9-14-15(10-12)20-17(23)19-14/h4-10H,3H2,1-2H3,(H,18,22). The molecular weight excluding hydrogens is 292 g/mol. The third-order valence-electron chi connectivity index (χ3n) is 3.71. The van der Waals surface area contributed by atoms with Crippen molar-refractivity contribution < 1.29 is 9.59 Å². The van der Waals surface area contributed by atoms with E-state index in [9.17, 15) is 9.59 Å². The fraction of sp³-hybridized carbons (Fsp3) is 0.176. The third kappa shape index (κ3) is 3.11. The summed E-state index contributed by atoms with van der Waals surface area (Å²) in [6, 6.07) is 11.9. The molecule has 2 aromatic rings. The molecule has 23 heavy (non-hydrogen) atoms. The van der Waals surface area contributed by atoms with E-state index in [0.717, 1.165) is 12.2 Å². The minimum atomic E-state index is -0.515. The van der Waals surface area contributed by atoms with Gasteiger partial charge in [-0.2, -0.15) is 9.98 Å². The van der Waals surface area contributed by atoms with Gasteiger partial charge in [-0.05, 0) is 49.4 Å². The molecule has 3 amide bonds. The molecule has 0 radical (unpaired) electrons. The van der Waals surface area contributed by atoms with E-state index in [1.54, 1.807) is 30.3 Å². The lowest BCUT2D eigenvalue weighted by atomic mass is 10.1. The first-order chi connectivity index (χ1) is 11.1. The van der Waals surface area contributed by atoms with Crippen molar-refractivity contribution in [3.63, 3.8) is 0 Å². The Bertz CT molecular complexity index is 888. The monoisotopic (exact) mass is 308 g/mol. The molecule has 0 atom stereocenters. The summed E-state index contributed by atoms with van der Waals surface area (Å²) >= 11 is 0. The molecular formula is C17H16N4O2. The first-order valence-electron chi connectivity index (χ1n) is 7.31. The van der Waals surface area contributed by atoms with Crippen molar-refractivity contribution in [1.29, 1.82) is 0 Å². The van der Waals surface area contributed by atoms with Gasteiger partial charge in [-0.1, -0.05) is 0 Å². The molecule has 1 aliphatic heterocycles. The number of hydrogen-bond acceptors (Lipinski definition) is 3. The number of nitrogens with one attached hydrogen (secondary N) is 1. The number of fused-ring (bicyclic) bond motifs is 1. The van der Waals surface area contributed by atoms with Crippen LogP contribution in [0.1, 0.15) is 17.3 Å². The molecule has 116 valence electrons. The van der Waals surface area contributed by atoms with Gasteiger partial charge in [0.25, 0.3) is 5.91 Å². The number of carbonyl (C=O) groups excluding carboxylic acids is 2. The highest BCUT2D eigenvalue weighted by atomic mass is 16.2. The highest BCUT2D eigenvalue weighted by Gasteiger charge is 2.09. The van der Waals surface area contributed by atoms with Crippen molar-refractivity contribution in [2.75, 3.05) is 23.8 Å². The highest BCUT2D eigenvalue weighted by Crippen LogP contribution is 2.14. The van der Waals surface area contributed by atoms with Crippen molar-refractivity contribution in [3.05, 3.63) is 58.7 Å². The minimum absolute atomic E-state index is 0.211. The van der Waals surface area contributed by atoms with Crippen LogP contribution in [0.2, 0.25) is 0 Å². The number of urea groups is 1. The van der Waals surface area contributed by atoms with Crippen LogP contribution in [0.5, 0.6) is 0 Å². The minimum Gasteiger partial charge on any atom is -0.375 e. The van der Waals surface area contributed by atoms with Gasteiger partial charge >= 0.3 is 6.03 Å². The molecule has 0 bridgehead atoms. The van der Waals surface area contributed by atoms with Crippen LogP contribution in [0.3, 0.4) is 0 Å². The van der Waals surface area contributed by atoms with Gasteiger partial charge in [0.15, 0.2) is 0 Å². The normalized spacial score (nSPS) is 12.2. The lowest BCUT2D eigenvalue weighted by molar-refractivity contribution is 0.102. The number of benzene rings is 2. The van der Waals surface area contributed by atoms with E-state index in [2.05, 4.69) is 27.1 Å². The van der Waals surface area contributed by atoms with Crippen molar-refractivity contribution >= 4 is 23.3 Å². The van der Waals surface area contributed by atoms with E-state index in [1.165, 1.54) is 0 Å². The summed E-state index contributed by atoms with van der Waals surface area (Å²) < 4.78 is 0. The number of carbonyl (C=O) groups is 2. The van der Waals surface area contributed by atoms with E-state index in [-0.39, 0.29) is 5.91 Å². The SMILES string of the molecule is CCN(C)c1ccc(C(=O)Nc2ccc3c(c2)=NC(=O)N=3)cc1. The maximum atomic E-state index is 12.3. The summed E-state index contributed by atoms with van der Waals surface area (Å²) in [5.41, 5.74) is 2.20. The van der Waals surface area contributed by atoms with Crippen LogP contribution in [-0.2, 0) is 0 Å². The van der Waals surface area contributed by atoms with E-state index >= 15 is 0 Å². The number of rotatable bonds is 4. The lowest BCUT2D eigenvalue weighted by Crippen LogP contribution is -2.23. The number of anilines is 2. The van der Waals surface area contributed by atoms with E-state index in [0.29, 0.717) is 22.0 Å². The molecule has 1 aliphatic rings. The van der Waals surface area contributed by atoms with Gasteiger partial charge in [0.2, 0.25) is 0 Å². The first kappa shape index (κ1) is 14.9. The summed E-state index contributed by atoms with van der Waals surface area (Å²) in [5, 5.41) is 3.81. The molecule has 3 rings (SSSR count). The molecule has 0 aliphatic carbocycles. The van der Waals surface area contributed by atoms with Gasteiger partial charge in [0.05, 0.1) is 10.7 Å². The molecule has 2 aromatic carbocycles. The van der Waals surface area contributed by atoms with Gasteiger partial charge in [0.1, 0.15) is 0 Å². The molecule has 0 spiro atoms. The Morgan fingerprint density at radius 1 is 1.09 bits per heavy atom. The van der Waals surface area contributed by atoms with Crippen molar-refractivity contribution in [2.45, 2.75) is 6.92 Å². The third-order valence-corrected chi connectivity index (χ3v) is 3.71. The Labute approximate surface area is 133 Å². The van der Waals surface area contributed by atoms with Crippen molar-refractivity contribution in [3.8, 4) is 0 Å². The second-order valence-electron chi connectivity index (χ2n) is 5.22. The van der Waals surface area contributed by atoms with Crippen molar-refractivity contribution in [2.24, 2.45) is 9.98 Å². The second-order valence-corrected chi connectivity index (χ2v) is 5.22. The predicted octanol–water partition coefficient (Wildman–Crippen LogP) is 1.77. The highest BCUT2D eigenvalue weighted by molar-refractivity contribution is 6.04. The van der Waals surface area contributed by atoms with Gasteiger partial charge in [-0.3, -0.25) is 4.79 Å². The average Bonchev–Trinajstić information content (AvgIpc) is 2.93. The number of nitrogens with zero attached hydrogens (tertiary/aromatic N) is 3. The van der Waals surface area contributed by atoms with E-state index in [1.807, 2.05) is 19.2 Å². The van der Waals surface area contributed by atoms with Gasteiger partial charge in [0, 0.05) is 30.5 Å². The van der Waals surface area contributed by atoms with Crippen LogP contribution in [0, 0.1) is 0 Å². The Balaban J connectivity index is 1.78. The fourth-order valence-electron chi connectivity index (χ4n) is 2.27. The lowest BCUT2D eigenvalue weighted by Gasteiger charge is -2.16. The van der Waals surface area contributed by atoms with Gasteiger partial charge < -0.3 is 10.2 Å². The molecule has 1 N–H and O–H groups in total. The maximum Gasteiger partial charge on any atom is 0.368 e. The summed E-state index contributed by atoms with van der Waals surface area (Å²) in [6.07, 6.45) is 0. The van der Waals surface area contributed by atoms with Crippen molar-refractivity contribution in [1.82, 2.24) is 0 Å². The largest absolute Gasteiger partial charge is 0.375 e. The molecule has 6 nitrogen and oxygen atoms in total. The Hall–Kier alpha value is -3.02. The van der Waals surface area contributed by atoms with Crippen LogP contribution in [0.15, 0.2) is 52.4 Å². The Morgan fingerprint density at radius 2 is 1.78 bits per heavy atom. The van der Waals surface area contributed by atoms with Crippen LogP contribution in [0.4, 0.5) is 16.2 Å². The van der Waals surface area contributed by atoms with Crippen LogP contribution >= 0.6 is 0 Å². The zero-order valence-electron chi connectivity index (χ0n) is 12.9. The zero-order chi connectivity index (χ0) is 16.4. The number of amides is 3. The molecule has 6 heteroatoms. The Kier molecular flexibility index (Phi) is 3.89. The summed E-state index contributed by atoms with van der Waals surface area (Å²) in [4.78, 5) is 33.0. The van der Waals surface area contributed by atoms with E-state index < -0.39 is 6.03 Å². The van der Waals surface area contributed by atoms with Crippen LogP contribution < -0.4 is 20.9 Å². The zero-order valence-corrected chi connectivity index (χ0v) is 12.9. The second kappa shape index (κ2) is 6.00. The fourth-order valence-corrected chi connectivity index (χ4v) is 2.27. The molecule has 0 fully saturated rings. The molecule has 0 unspecified atom stereocenters. The maximum absolute atomic E-state index is 12.3. The van der Waals surface area contributed by atoms with Crippen LogP contribution in [-0.4, -0.2) is 25.5 Å². The van der Waals surface area contributed by atoms with Gasteiger partial charge in [-0.15, -0.1) is 0 Å². The summed E-state index contributed by atoms with van der Waals surface area (Å²) in [7, 11) is 2.00. The smallest absolute Gasteiger partial charge is 0.368 e. The summed E-state index contributed by atoms with van der Waals surface area (Å²) in [6.45, 7) is 2.96. The number of hydrogen-bond donors (Lipinski definition) is 1.